The first-order chi connectivity index (χ1) is 10.8. The highest BCUT2D eigenvalue weighted by Crippen LogP contribution is 2.27. The molecule has 6 nitrogen and oxygen atoms in total. The highest BCUT2D eigenvalue weighted by Gasteiger charge is 2.20. The Hall–Kier alpha value is -1.77. The van der Waals surface area contributed by atoms with Crippen LogP contribution in [0.1, 0.15) is 18.2 Å². The van der Waals surface area contributed by atoms with Crippen LogP contribution in [0, 0.1) is 5.82 Å². The van der Waals surface area contributed by atoms with Crippen LogP contribution >= 0.6 is 0 Å². The Morgan fingerprint density at radius 2 is 1.96 bits per heavy atom. The molecule has 0 spiro atoms. The van der Waals surface area contributed by atoms with E-state index in [4.69, 9.17) is 4.55 Å². The van der Waals surface area contributed by atoms with Gasteiger partial charge in [0.2, 0.25) is 0 Å². The summed E-state index contributed by atoms with van der Waals surface area (Å²) in [5.41, 5.74) is 4.55. The van der Waals surface area contributed by atoms with Crippen molar-refractivity contribution in [3.05, 3.63) is 41.3 Å². The average Bonchev–Trinajstić information content (AvgIpc) is 2.85. The van der Waals surface area contributed by atoms with E-state index in [2.05, 4.69) is 22.0 Å². The third-order valence-electron chi connectivity index (χ3n) is 3.42. The number of fused-ring (bicyclic) bond motifs is 1. The fourth-order valence-electron chi connectivity index (χ4n) is 2.52. The third-order valence-corrected chi connectivity index (χ3v) is 3.42. The molecule has 0 aliphatic carbocycles. The number of hydrogen-bond acceptors (Lipinski definition) is 4. The number of halogens is 1. The molecule has 23 heavy (non-hydrogen) atoms. The van der Waals surface area contributed by atoms with Gasteiger partial charge in [-0.1, -0.05) is 0 Å². The van der Waals surface area contributed by atoms with Crippen LogP contribution in [-0.2, 0) is 29.6 Å². The Morgan fingerprint density at radius 1 is 1.35 bits per heavy atom. The van der Waals surface area contributed by atoms with Gasteiger partial charge in [-0.15, -0.1) is 0 Å². The molecule has 2 aromatic rings. The number of aryl methyl sites for hydroxylation is 1. The van der Waals surface area contributed by atoms with Crippen LogP contribution in [0.2, 0.25) is 0 Å². The summed E-state index contributed by atoms with van der Waals surface area (Å²) in [7, 11) is -3.67. The number of hydrogen-bond donors (Lipinski definition) is 2. The Kier molecular flexibility index (Phi) is 5.51. The second-order valence-electron chi connectivity index (χ2n) is 5.26. The third kappa shape index (κ3) is 4.85. The van der Waals surface area contributed by atoms with Crippen molar-refractivity contribution in [1.82, 2.24) is 15.1 Å². The molecule has 0 saturated heterocycles. The van der Waals surface area contributed by atoms with Crippen molar-refractivity contribution in [1.29, 1.82) is 0 Å². The van der Waals surface area contributed by atoms with Crippen molar-refractivity contribution in [2.75, 3.05) is 12.8 Å². The van der Waals surface area contributed by atoms with E-state index >= 15 is 0 Å². The molecule has 2 heterocycles. The molecule has 3 rings (SSSR count). The number of rotatable bonds is 2. The second kappa shape index (κ2) is 7.20. The molecule has 0 radical (unpaired) electrons. The first-order valence-corrected chi connectivity index (χ1v) is 9.12. The van der Waals surface area contributed by atoms with E-state index < -0.39 is 10.1 Å². The van der Waals surface area contributed by atoms with E-state index in [1.807, 2.05) is 0 Å². The van der Waals surface area contributed by atoms with Crippen molar-refractivity contribution < 1.29 is 17.4 Å². The SMILES string of the molecule is CCn1nc(-c2ccc(F)cc2)c2c1CCNC2.CS(=O)(=O)O. The van der Waals surface area contributed by atoms with Crippen LogP contribution in [-0.4, -0.2) is 35.6 Å². The van der Waals surface area contributed by atoms with Crippen LogP contribution in [0.3, 0.4) is 0 Å². The van der Waals surface area contributed by atoms with Gasteiger partial charge in [-0.2, -0.15) is 13.5 Å². The Labute approximate surface area is 135 Å². The predicted molar refractivity (Wildman–Crippen MR) is 86.2 cm³/mol. The summed E-state index contributed by atoms with van der Waals surface area (Å²) in [5.74, 6) is -0.208. The van der Waals surface area contributed by atoms with Gasteiger partial charge in [-0.05, 0) is 31.2 Å². The normalized spacial score (nSPS) is 13.9. The van der Waals surface area contributed by atoms with Gasteiger partial charge in [0.05, 0.1) is 11.9 Å². The topological polar surface area (TPSA) is 84.2 Å². The largest absolute Gasteiger partial charge is 0.312 e. The number of nitrogens with one attached hydrogen (secondary N) is 1. The summed E-state index contributed by atoms with van der Waals surface area (Å²) in [6.07, 6.45) is 1.73. The summed E-state index contributed by atoms with van der Waals surface area (Å²) < 4.78 is 40.9. The van der Waals surface area contributed by atoms with Gasteiger partial charge < -0.3 is 5.32 Å². The van der Waals surface area contributed by atoms with Crippen molar-refractivity contribution in [3.8, 4) is 11.3 Å². The second-order valence-corrected chi connectivity index (χ2v) is 6.72. The van der Waals surface area contributed by atoms with E-state index in [0.29, 0.717) is 6.26 Å². The molecule has 126 valence electrons. The van der Waals surface area contributed by atoms with Crippen molar-refractivity contribution in [3.63, 3.8) is 0 Å². The molecule has 1 aromatic heterocycles. The monoisotopic (exact) mass is 341 g/mol. The molecule has 0 atom stereocenters. The highest BCUT2D eigenvalue weighted by atomic mass is 32.2. The highest BCUT2D eigenvalue weighted by molar-refractivity contribution is 7.85. The lowest BCUT2D eigenvalue weighted by atomic mass is 10.0. The van der Waals surface area contributed by atoms with Gasteiger partial charge in [0.15, 0.2) is 0 Å². The van der Waals surface area contributed by atoms with Gasteiger partial charge in [0.25, 0.3) is 10.1 Å². The molecule has 1 aliphatic heterocycles. The van der Waals surface area contributed by atoms with E-state index in [1.54, 1.807) is 12.1 Å². The Morgan fingerprint density at radius 3 is 2.52 bits per heavy atom. The zero-order valence-corrected chi connectivity index (χ0v) is 13.9. The van der Waals surface area contributed by atoms with Gasteiger partial charge in [-0.25, -0.2) is 4.39 Å². The molecule has 0 unspecified atom stereocenters. The number of nitrogens with zero attached hydrogens (tertiary/aromatic N) is 2. The molecule has 0 bridgehead atoms. The van der Waals surface area contributed by atoms with Gasteiger partial charge in [0, 0.05) is 42.9 Å². The zero-order chi connectivity index (χ0) is 17.0. The number of benzene rings is 1. The summed E-state index contributed by atoms with van der Waals surface area (Å²) >= 11 is 0. The van der Waals surface area contributed by atoms with Crippen molar-refractivity contribution >= 4 is 10.1 Å². The molecule has 1 aliphatic rings. The van der Waals surface area contributed by atoms with E-state index in [0.717, 1.165) is 37.3 Å². The van der Waals surface area contributed by atoms with E-state index in [-0.39, 0.29) is 5.82 Å². The number of aromatic nitrogens is 2. The summed E-state index contributed by atoms with van der Waals surface area (Å²) in [5, 5.41) is 8.04. The van der Waals surface area contributed by atoms with Crippen LogP contribution in [0.4, 0.5) is 4.39 Å². The maximum atomic E-state index is 13.0. The fraction of sp³-hybridized carbons (Fsp3) is 0.400. The van der Waals surface area contributed by atoms with Crippen molar-refractivity contribution in [2.45, 2.75) is 26.4 Å². The maximum absolute atomic E-state index is 13.0. The zero-order valence-electron chi connectivity index (χ0n) is 13.1. The predicted octanol–water partition coefficient (Wildman–Crippen LogP) is 1.86. The molecule has 1 aromatic carbocycles. The lowest BCUT2D eigenvalue weighted by molar-refractivity contribution is 0.490. The van der Waals surface area contributed by atoms with E-state index in [9.17, 15) is 12.8 Å². The van der Waals surface area contributed by atoms with Crippen LogP contribution in [0.25, 0.3) is 11.3 Å². The van der Waals surface area contributed by atoms with Crippen LogP contribution in [0.15, 0.2) is 24.3 Å². The maximum Gasteiger partial charge on any atom is 0.261 e. The fourth-order valence-corrected chi connectivity index (χ4v) is 2.52. The van der Waals surface area contributed by atoms with Crippen molar-refractivity contribution in [2.24, 2.45) is 0 Å². The van der Waals surface area contributed by atoms with Gasteiger partial charge in [-0.3, -0.25) is 9.23 Å². The van der Waals surface area contributed by atoms with E-state index in [1.165, 1.54) is 23.4 Å². The minimum atomic E-state index is -3.67. The lowest BCUT2D eigenvalue weighted by Crippen LogP contribution is -2.24. The van der Waals surface area contributed by atoms with Gasteiger partial charge >= 0.3 is 0 Å². The minimum Gasteiger partial charge on any atom is -0.312 e. The Balaban J connectivity index is 0.000000338. The van der Waals surface area contributed by atoms with Gasteiger partial charge in [0.1, 0.15) is 5.82 Å². The lowest BCUT2D eigenvalue weighted by Gasteiger charge is -2.15. The first kappa shape index (κ1) is 17.6. The molecule has 0 saturated carbocycles. The van der Waals surface area contributed by atoms with Crippen LogP contribution < -0.4 is 5.32 Å². The quantitative estimate of drug-likeness (QED) is 0.815. The molecule has 8 heteroatoms. The summed E-state index contributed by atoms with van der Waals surface area (Å²) in [6.45, 7) is 4.83. The molecular weight excluding hydrogens is 321 g/mol. The summed E-state index contributed by atoms with van der Waals surface area (Å²) in [4.78, 5) is 0. The minimum absolute atomic E-state index is 0.208. The molecule has 2 N–H and O–H groups in total. The average molecular weight is 341 g/mol. The molecular formula is C15H20FN3O3S. The molecule has 0 fully saturated rings. The van der Waals surface area contributed by atoms with Crippen LogP contribution in [0.5, 0.6) is 0 Å². The standard InChI is InChI=1S/C14H16FN3.CH4O3S/c1-2-18-13-7-8-16-9-12(13)14(17-18)10-3-5-11(15)6-4-10;1-5(2,3)4/h3-6,16H,2,7-9H2,1H3;1H3,(H,2,3,4). The Bertz CT molecular complexity index is 762. The molecule has 0 amide bonds. The summed E-state index contributed by atoms with van der Waals surface area (Å²) in [6, 6.07) is 6.57. The smallest absolute Gasteiger partial charge is 0.261 e. The first-order valence-electron chi connectivity index (χ1n) is 7.27.